The van der Waals surface area contributed by atoms with E-state index in [2.05, 4.69) is 102 Å². The Morgan fingerprint density at radius 1 is 0.382 bits per heavy atom. The van der Waals surface area contributed by atoms with Crippen LogP contribution in [0.3, 0.4) is 0 Å². The number of rotatable bonds is 4. The van der Waals surface area contributed by atoms with Crippen LogP contribution in [0.25, 0.3) is 116 Å². The largest absolute Gasteiger partial charge is 0.455 e. The Morgan fingerprint density at radius 2 is 0.982 bits per heavy atom. The van der Waals surface area contributed by atoms with Crippen LogP contribution in [0.1, 0.15) is 0 Å². The highest BCUT2D eigenvalue weighted by Crippen LogP contribution is 2.44. The summed E-state index contributed by atoms with van der Waals surface area (Å²) in [6.45, 7) is 0. The van der Waals surface area contributed by atoms with Crippen LogP contribution in [0.5, 0.6) is 0 Å². The molecule has 4 heterocycles. The zero-order valence-electron chi connectivity index (χ0n) is 29.3. The van der Waals surface area contributed by atoms with Crippen LogP contribution >= 0.6 is 0 Å². The number of para-hydroxylation sites is 2. The van der Waals surface area contributed by atoms with Crippen molar-refractivity contribution < 1.29 is 8.83 Å². The molecule has 0 radical (unpaired) electrons. The smallest absolute Gasteiger partial charge is 0.164 e. The molecule has 0 aliphatic rings. The lowest BCUT2D eigenvalue weighted by molar-refractivity contribution is 0.672. The zero-order valence-corrected chi connectivity index (χ0v) is 29.3. The fourth-order valence-corrected chi connectivity index (χ4v) is 8.36. The molecule has 12 rings (SSSR count). The molecule has 0 fully saturated rings. The topological polar surface area (TPSA) is 69.9 Å². The summed E-state index contributed by atoms with van der Waals surface area (Å²) in [5.41, 5.74) is 9.27. The van der Waals surface area contributed by atoms with Crippen molar-refractivity contribution in [1.29, 1.82) is 0 Å². The van der Waals surface area contributed by atoms with Crippen molar-refractivity contribution >= 4 is 76.5 Å². The van der Waals surface area contributed by atoms with E-state index >= 15 is 0 Å². The number of aromatic nitrogens is 4. The summed E-state index contributed by atoms with van der Waals surface area (Å²) < 4.78 is 15.8. The quantitative estimate of drug-likeness (QED) is 0.182. The summed E-state index contributed by atoms with van der Waals surface area (Å²) in [5, 5.41) is 8.50. The van der Waals surface area contributed by atoms with Crippen LogP contribution in [0.4, 0.5) is 0 Å². The maximum Gasteiger partial charge on any atom is 0.164 e. The molecular weight excluding hydrogens is 677 g/mol. The summed E-state index contributed by atoms with van der Waals surface area (Å²) in [4.78, 5) is 15.2. The first-order chi connectivity index (χ1) is 27.3. The molecule has 6 heteroatoms. The van der Waals surface area contributed by atoms with Gasteiger partial charge in [-0.3, -0.25) is 0 Å². The molecule has 0 atom stereocenters. The van der Waals surface area contributed by atoms with Gasteiger partial charge in [-0.1, -0.05) is 121 Å². The second-order valence-electron chi connectivity index (χ2n) is 14.0. The molecule has 0 unspecified atom stereocenters. The molecule has 6 nitrogen and oxygen atoms in total. The monoisotopic (exact) mass is 704 g/mol. The van der Waals surface area contributed by atoms with Crippen LogP contribution in [-0.4, -0.2) is 19.5 Å². The first-order valence-corrected chi connectivity index (χ1v) is 18.4. The molecule has 55 heavy (non-hydrogen) atoms. The van der Waals surface area contributed by atoms with Crippen molar-refractivity contribution in [2.75, 3.05) is 0 Å². The molecule has 0 aliphatic carbocycles. The third-order valence-electron chi connectivity index (χ3n) is 10.8. The van der Waals surface area contributed by atoms with Gasteiger partial charge in [0, 0.05) is 60.8 Å². The Hall–Kier alpha value is -7.57. The maximum atomic E-state index is 6.93. The van der Waals surface area contributed by atoms with Gasteiger partial charge in [-0.15, -0.1) is 0 Å². The second-order valence-corrected chi connectivity index (χ2v) is 14.0. The Labute approximate surface area is 313 Å². The van der Waals surface area contributed by atoms with Crippen LogP contribution in [0, 0.1) is 0 Å². The van der Waals surface area contributed by atoms with E-state index in [-0.39, 0.29) is 0 Å². The molecule has 0 N–H and O–H groups in total. The van der Waals surface area contributed by atoms with Crippen molar-refractivity contribution in [3.63, 3.8) is 0 Å². The van der Waals surface area contributed by atoms with Crippen molar-refractivity contribution in [3.8, 4) is 39.9 Å². The molecule has 0 aliphatic heterocycles. The molecule has 4 aromatic heterocycles. The van der Waals surface area contributed by atoms with Crippen LogP contribution in [-0.2, 0) is 0 Å². The Morgan fingerprint density at radius 3 is 1.76 bits per heavy atom. The third-order valence-corrected chi connectivity index (χ3v) is 10.8. The minimum Gasteiger partial charge on any atom is -0.455 e. The molecular formula is C49H28N4O2. The fourth-order valence-electron chi connectivity index (χ4n) is 8.36. The number of fused-ring (bicyclic) bond motifs is 12. The minimum atomic E-state index is 0.590. The second kappa shape index (κ2) is 11.5. The standard InChI is InChI=1S/C49H28N4O2/c1-3-13-29(14-4-1)47-50-48(30-15-5-2-6-16-30)52-49(51-47)38-27-31-17-7-8-18-33(31)45-43(38)37-24-23-32(28-42(37)55-45)53-39-21-11-9-20-36(39)44-40(53)26-25-35-34-19-10-12-22-41(34)54-46(35)44/h1-28H. The van der Waals surface area contributed by atoms with Gasteiger partial charge in [-0.25, -0.2) is 15.0 Å². The fraction of sp³-hybridized carbons (Fsp3) is 0. The number of nitrogens with zero attached hydrogens (tertiary/aromatic N) is 4. The van der Waals surface area contributed by atoms with E-state index in [9.17, 15) is 0 Å². The van der Waals surface area contributed by atoms with E-state index in [1.54, 1.807) is 0 Å². The summed E-state index contributed by atoms with van der Waals surface area (Å²) in [5.74, 6) is 1.82. The van der Waals surface area contributed by atoms with Crippen LogP contribution < -0.4 is 0 Å². The van der Waals surface area contributed by atoms with Gasteiger partial charge in [0.25, 0.3) is 0 Å². The van der Waals surface area contributed by atoms with Gasteiger partial charge in [0.1, 0.15) is 22.3 Å². The van der Waals surface area contributed by atoms with Crippen molar-refractivity contribution in [2.45, 2.75) is 0 Å². The maximum absolute atomic E-state index is 6.93. The van der Waals surface area contributed by atoms with E-state index in [0.29, 0.717) is 17.5 Å². The normalized spacial score (nSPS) is 12.0. The van der Waals surface area contributed by atoms with Crippen LogP contribution in [0.15, 0.2) is 179 Å². The van der Waals surface area contributed by atoms with Gasteiger partial charge >= 0.3 is 0 Å². The molecule has 8 aromatic carbocycles. The van der Waals surface area contributed by atoms with Gasteiger partial charge in [0.2, 0.25) is 0 Å². The Bertz CT molecular complexity index is 3430. The van der Waals surface area contributed by atoms with Gasteiger partial charge in [-0.05, 0) is 47.9 Å². The highest BCUT2D eigenvalue weighted by molar-refractivity contribution is 6.24. The van der Waals surface area contributed by atoms with Crippen molar-refractivity contribution in [2.24, 2.45) is 0 Å². The molecule has 0 bridgehead atoms. The Balaban J connectivity index is 1.13. The van der Waals surface area contributed by atoms with Gasteiger partial charge < -0.3 is 13.4 Å². The zero-order chi connectivity index (χ0) is 36.0. The van der Waals surface area contributed by atoms with Gasteiger partial charge in [0.15, 0.2) is 17.5 Å². The first-order valence-electron chi connectivity index (χ1n) is 18.4. The average molecular weight is 705 g/mol. The summed E-state index contributed by atoms with van der Waals surface area (Å²) >= 11 is 0. The number of benzene rings is 8. The predicted molar refractivity (Wildman–Crippen MR) is 223 cm³/mol. The first kappa shape index (κ1) is 29.9. The highest BCUT2D eigenvalue weighted by atomic mass is 16.3. The van der Waals surface area contributed by atoms with Crippen molar-refractivity contribution in [3.05, 3.63) is 170 Å². The lowest BCUT2D eigenvalue weighted by Crippen LogP contribution is -2.00. The lowest BCUT2D eigenvalue weighted by atomic mass is 9.99. The number of furan rings is 2. The SMILES string of the molecule is c1ccc(-c2nc(-c3ccccc3)nc(-c3cc4ccccc4c4oc5cc(-n6c7ccccc7c7c8oc9ccccc9c8ccc76)ccc5c34)n2)cc1. The van der Waals surface area contributed by atoms with E-state index in [4.69, 9.17) is 23.8 Å². The van der Waals surface area contributed by atoms with Gasteiger partial charge in [0.05, 0.1) is 16.4 Å². The highest BCUT2D eigenvalue weighted by Gasteiger charge is 2.23. The van der Waals surface area contributed by atoms with Crippen molar-refractivity contribution in [1.82, 2.24) is 19.5 Å². The molecule has 256 valence electrons. The molecule has 0 amide bonds. The minimum absolute atomic E-state index is 0.590. The predicted octanol–water partition coefficient (Wildman–Crippen LogP) is 12.9. The van der Waals surface area contributed by atoms with E-state index in [1.165, 1.54) is 0 Å². The molecule has 0 saturated heterocycles. The number of hydrogen-bond acceptors (Lipinski definition) is 5. The lowest BCUT2D eigenvalue weighted by Gasteiger charge is -2.10. The molecule has 0 spiro atoms. The van der Waals surface area contributed by atoms with E-state index in [1.807, 2.05) is 72.8 Å². The van der Waals surface area contributed by atoms with Crippen LogP contribution in [0.2, 0.25) is 0 Å². The molecule has 12 aromatic rings. The Kier molecular flexibility index (Phi) is 6.24. The average Bonchev–Trinajstić information content (AvgIpc) is 3.93. The summed E-state index contributed by atoms with van der Waals surface area (Å²) in [6.07, 6.45) is 0. The van der Waals surface area contributed by atoms with E-state index in [0.717, 1.165) is 98.8 Å². The summed E-state index contributed by atoms with van der Waals surface area (Å²) in [6, 6.07) is 58.4. The number of hydrogen-bond donors (Lipinski definition) is 0. The third kappa shape index (κ3) is 4.46. The summed E-state index contributed by atoms with van der Waals surface area (Å²) in [7, 11) is 0. The molecule has 0 saturated carbocycles. The van der Waals surface area contributed by atoms with E-state index < -0.39 is 0 Å². The van der Waals surface area contributed by atoms with Gasteiger partial charge in [-0.2, -0.15) is 0 Å².